The maximum atomic E-state index is 12.6. The van der Waals surface area contributed by atoms with Crippen molar-refractivity contribution in [1.82, 2.24) is 0 Å². The van der Waals surface area contributed by atoms with Crippen molar-refractivity contribution < 1.29 is 14.4 Å². The van der Waals surface area contributed by atoms with Crippen LogP contribution < -0.4 is 15.5 Å². The standard InChI is InChI=1S/C20H20BrN3O3/c1-12-6-7-18(17(21)8-12)23-20(27)14-9-19(26)24(11-14)16-5-3-4-15(10-16)22-13(2)25/h3-8,10,14H,9,11H2,1-2H3,(H,22,25)(H,23,27)/t14-/m1/s1. The highest BCUT2D eigenvalue weighted by molar-refractivity contribution is 9.10. The summed E-state index contributed by atoms with van der Waals surface area (Å²) < 4.78 is 0.806. The van der Waals surface area contributed by atoms with Gasteiger partial charge in [-0.1, -0.05) is 12.1 Å². The zero-order chi connectivity index (χ0) is 19.6. The number of hydrogen-bond acceptors (Lipinski definition) is 3. The highest BCUT2D eigenvalue weighted by Gasteiger charge is 2.35. The summed E-state index contributed by atoms with van der Waals surface area (Å²) in [6.45, 7) is 3.70. The van der Waals surface area contributed by atoms with Crippen molar-refractivity contribution in [1.29, 1.82) is 0 Å². The Balaban J connectivity index is 1.71. The Labute approximate surface area is 166 Å². The largest absolute Gasteiger partial charge is 0.326 e. The molecule has 140 valence electrons. The van der Waals surface area contributed by atoms with Gasteiger partial charge in [-0.2, -0.15) is 0 Å². The molecule has 1 aliphatic rings. The molecule has 2 aromatic rings. The third-order valence-electron chi connectivity index (χ3n) is 4.36. The summed E-state index contributed by atoms with van der Waals surface area (Å²) >= 11 is 3.45. The van der Waals surface area contributed by atoms with Crippen LogP contribution in [0.25, 0.3) is 0 Å². The van der Waals surface area contributed by atoms with Gasteiger partial charge in [0.05, 0.1) is 11.6 Å². The fraction of sp³-hybridized carbons (Fsp3) is 0.250. The van der Waals surface area contributed by atoms with Crippen molar-refractivity contribution in [3.63, 3.8) is 0 Å². The second-order valence-corrected chi connectivity index (χ2v) is 7.46. The third-order valence-corrected chi connectivity index (χ3v) is 5.01. The lowest BCUT2D eigenvalue weighted by atomic mass is 10.1. The van der Waals surface area contributed by atoms with Crippen LogP contribution >= 0.6 is 15.9 Å². The molecule has 2 N–H and O–H groups in total. The van der Waals surface area contributed by atoms with E-state index in [-0.39, 0.29) is 24.1 Å². The van der Waals surface area contributed by atoms with Crippen molar-refractivity contribution >= 4 is 50.7 Å². The minimum atomic E-state index is -0.435. The molecule has 0 unspecified atom stereocenters. The minimum absolute atomic E-state index is 0.113. The molecule has 0 bridgehead atoms. The van der Waals surface area contributed by atoms with Gasteiger partial charge in [0.1, 0.15) is 0 Å². The molecule has 0 aliphatic carbocycles. The molecule has 1 aliphatic heterocycles. The van der Waals surface area contributed by atoms with Gasteiger partial charge in [0.25, 0.3) is 0 Å². The third kappa shape index (κ3) is 4.54. The lowest BCUT2D eigenvalue weighted by Gasteiger charge is -2.18. The van der Waals surface area contributed by atoms with E-state index in [4.69, 9.17) is 0 Å². The van der Waals surface area contributed by atoms with Crippen LogP contribution in [-0.2, 0) is 14.4 Å². The quantitative estimate of drug-likeness (QED) is 0.777. The van der Waals surface area contributed by atoms with Crippen molar-refractivity contribution in [2.45, 2.75) is 20.3 Å². The monoisotopic (exact) mass is 429 g/mol. The average molecular weight is 430 g/mol. The molecule has 6 nitrogen and oxygen atoms in total. The Morgan fingerprint density at radius 2 is 1.93 bits per heavy atom. The molecule has 0 saturated carbocycles. The fourth-order valence-electron chi connectivity index (χ4n) is 3.04. The van der Waals surface area contributed by atoms with Gasteiger partial charge in [-0.15, -0.1) is 0 Å². The summed E-state index contributed by atoms with van der Waals surface area (Å²) in [5, 5.41) is 5.59. The first kappa shape index (κ1) is 19.1. The van der Waals surface area contributed by atoms with Gasteiger partial charge in [0.15, 0.2) is 0 Å². The van der Waals surface area contributed by atoms with Crippen molar-refractivity contribution in [3.8, 4) is 0 Å². The van der Waals surface area contributed by atoms with E-state index < -0.39 is 5.92 Å². The van der Waals surface area contributed by atoms with Crippen molar-refractivity contribution in [3.05, 3.63) is 52.5 Å². The summed E-state index contributed by atoms with van der Waals surface area (Å²) in [7, 11) is 0. The molecule has 1 saturated heterocycles. The Morgan fingerprint density at radius 3 is 2.63 bits per heavy atom. The number of halogens is 1. The number of carbonyl (C=O) groups is 3. The van der Waals surface area contributed by atoms with E-state index in [1.165, 1.54) is 6.92 Å². The first-order chi connectivity index (χ1) is 12.8. The van der Waals surface area contributed by atoms with Gasteiger partial charge in [0.2, 0.25) is 17.7 Å². The maximum absolute atomic E-state index is 12.6. The fourth-order valence-corrected chi connectivity index (χ4v) is 3.64. The van der Waals surface area contributed by atoms with Crippen LogP contribution in [0.5, 0.6) is 0 Å². The number of amides is 3. The van der Waals surface area contributed by atoms with E-state index in [2.05, 4.69) is 26.6 Å². The smallest absolute Gasteiger partial charge is 0.229 e. The number of nitrogens with zero attached hydrogens (tertiary/aromatic N) is 1. The molecular formula is C20H20BrN3O3. The Kier molecular flexibility index (Phi) is 5.60. The van der Waals surface area contributed by atoms with Crippen molar-refractivity contribution in [2.75, 3.05) is 22.1 Å². The number of benzene rings is 2. The molecule has 0 aromatic heterocycles. The van der Waals surface area contributed by atoms with Crippen LogP contribution in [0.15, 0.2) is 46.9 Å². The minimum Gasteiger partial charge on any atom is -0.326 e. The normalized spacial score (nSPS) is 16.3. The van der Waals surface area contributed by atoms with Gasteiger partial charge in [-0.25, -0.2) is 0 Å². The topological polar surface area (TPSA) is 78.5 Å². The van der Waals surface area contributed by atoms with Gasteiger partial charge in [-0.3, -0.25) is 14.4 Å². The van der Waals surface area contributed by atoms with E-state index in [1.807, 2.05) is 25.1 Å². The molecule has 1 fully saturated rings. The summed E-state index contributed by atoms with van der Waals surface area (Å²) in [6.07, 6.45) is 0.152. The molecule has 0 spiro atoms. The van der Waals surface area contributed by atoms with Crippen LogP contribution in [0.3, 0.4) is 0 Å². The molecular weight excluding hydrogens is 410 g/mol. The average Bonchev–Trinajstić information content (AvgIpc) is 2.99. The maximum Gasteiger partial charge on any atom is 0.229 e. The first-order valence-corrected chi connectivity index (χ1v) is 9.38. The van der Waals surface area contributed by atoms with E-state index in [0.29, 0.717) is 23.6 Å². The van der Waals surface area contributed by atoms with Crippen LogP contribution in [0, 0.1) is 12.8 Å². The van der Waals surface area contributed by atoms with Gasteiger partial charge < -0.3 is 15.5 Å². The van der Waals surface area contributed by atoms with E-state index in [0.717, 1.165) is 10.0 Å². The summed E-state index contributed by atoms with van der Waals surface area (Å²) in [5.41, 5.74) is 3.05. The molecule has 2 aromatic carbocycles. The molecule has 3 rings (SSSR count). The van der Waals surface area contributed by atoms with Crippen LogP contribution in [-0.4, -0.2) is 24.3 Å². The number of rotatable bonds is 4. The molecule has 7 heteroatoms. The van der Waals surface area contributed by atoms with Crippen LogP contribution in [0.4, 0.5) is 17.1 Å². The number of anilines is 3. The van der Waals surface area contributed by atoms with Gasteiger partial charge in [-0.05, 0) is 58.7 Å². The summed E-state index contributed by atoms with van der Waals surface area (Å²) in [4.78, 5) is 37.9. The Morgan fingerprint density at radius 1 is 1.15 bits per heavy atom. The predicted octanol–water partition coefficient (Wildman–Crippen LogP) is 3.71. The lowest BCUT2D eigenvalue weighted by molar-refractivity contribution is -0.122. The zero-order valence-electron chi connectivity index (χ0n) is 15.1. The van der Waals surface area contributed by atoms with E-state index in [1.54, 1.807) is 29.2 Å². The summed E-state index contributed by atoms with van der Waals surface area (Å²) in [6, 6.07) is 12.7. The number of carbonyl (C=O) groups excluding carboxylic acids is 3. The SMILES string of the molecule is CC(=O)Nc1cccc(N2C[C@H](C(=O)Nc3ccc(C)cc3Br)CC2=O)c1. The molecule has 0 radical (unpaired) electrons. The Bertz CT molecular complexity index is 913. The van der Waals surface area contributed by atoms with Crippen molar-refractivity contribution in [2.24, 2.45) is 5.92 Å². The first-order valence-electron chi connectivity index (χ1n) is 8.58. The van der Waals surface area contributed by atoms with E-state index >= 15 is 0 Å². The second kappa shape index (κ2) is 7.92. The highest BCUT2D eigenvalue weighted by atomic mass is 79.9. The molecule has 3 amide bonds. The van der Waals surface area contributed by atoms with Gasteiger partial charge in [0, 0.05) is 35.7 Å². The molecule has 1 atom stereocenters. The van der Waals surface area contributed by atoms with E-state index in [9.17, 15) is 14.4 Å². The van der Waals surface area contributed by atoms with Crippen LogP contribution in [0.1, 0.15) is 18.9 Å². The summed E-state index contributed by atoms with van der Waals surface area (Å²) in [5.74, 6) is -0.914. The van der Waals surface area contributed by atoms with Gasteiger partial charge >= 0.3 is 0 Å². The zero-order valence-corrected chi connectivity index (χ0v) is 16.7. The Hall–Kier alpha value is -2.67. The molecule has 27 heavy (non-hydrogen) atoms. The molecule has 1 heterocycles. The number of aryl methyl sites for hydroxylation is 1. The number of nitrogens with one attached hydrogen (secondary N) is 2. The highest BCUT2D eigenvalue weighted by Crippen LogP contribution is 2.29. The number of hydrogen-bond donors (Lipinski definition) is 2. The van der Waals surface area contributed by atoms with Crippen LogP contribution in [0.2, 0.25) is 0 Å². The predicted molar refractivity (Wildman–Crippen MR) is 109 cm³/mol. The second-order valence-electron chi connectivity index (χ2n) is 6.61. The lowest BCUT2D eigenvalue weighted by Crippen LogP contribution is -2.28.